The minimum Gasteiger partial charge on any atom is -0.316 e. The summed E-state index contributed by atoms with van der Waals surface area (Å²) >= 11 is 5.85. The third-order valence-corrected chi connectivity index (χ3v) is 3.79. The lowest BCUT2D eigenvalue weighted by Crippen LogP contribution is -2.20. The van der Waals surface area contributed by atoms with Gasteiger partial charge in [-0.1, -0.05) is 0 Å². The molecule has 2 rings (SSSR count). The Morgan fingerprint density at radius 2 is 2.36 bits per heavy atom. The zero-order valence-corrected chi connectivity index (χ0v) is 7.66. The second kappa shape index (κ2) is 2.95. The maximum atomic E-state index is 5.85. The van der Waals surface area contributed by atoms with Gasteiger partial charge < -0.3 is 5.32 Å². The van der Waals surface area contributed by atoms with E-state index in [1.807, 2.05) is 0 Å². The van der Waals surface area contributed by atoms with Gasteiger partial charge in [-0.25, -0.2) is 0 Å². The van der Waals surface area contributed by atoms with E-state index in [4.69, 9.17) is 11.6 Å². The van der Waals surface area contributed by atoms with Crippen LogP contribution in [-0.4, -0.2) is 19.0 Å². The van der Waals surface area contributed by atoms with Crippen LogP contribution in [0.1, 0.15) is 25.7 Å². The van der Waals surface area contributed by atoms with Crippen molar-refractivity contribution in [3.05, 3.63) is 0 Å². The molecule has 0 aromatic heterocycles. The van der Waals surface area contributed by atoms with Crippen molar-refractivity contribution in [3.63, 3.8) is 0 Å². The van der Waals surface area contributed by atoms with Crippen LogP contribution in [0.5, 0.6) is 0 Å². The first kappa shape index (κ1) is 7.88. The molecular weight excluding hydrogens is 158 g/mol. The van der Waals surface area contributed by atoms with Gasteiger partial charge in [0.05, 0.1) is 0 Å². The predicted molar refractivity (Wildman–Crippen MR) is 48.0 cm³/mol. The van der Waals surface area contributed by atoms with Crippen molar-refractivity contribution >= 4 is 11.6 Å². The van der Waals surface area contributed by atoms with Gasteiger partial charge in [-0.3, -0.25) is 0 Å². The highest BCUT2D eigenvalue weighted by Gasteiger charge is 2.40. The van der Waals surface area contributed by atoms with Crippen LogP contribution in [0.15, 0.2) is 0 Å². The molecule has 1 N–H and O–H groups in total. The summed E-state index contributed by atoms with van der Waals surface area (Å²) in [6, 6.07) is 0. The van der Waals surface area contributed by atoms with Crippen LogP contribution in [0.25, 0.3) is 0 Å². The Morgan fingerprint density at radius 1 is 1.45 bits per heavy atom. The molecule has 1 saturated carbocycles. The van der Waals surface area contributed by atoms with Crippen LogP contribution in [0.2, 0.25) is 0 Å². The Kier molecular flexibility index (Phi) is 2.11. The zero-order valence-electron chi connectivity index (χ0n) is 6.91. The monoisotopic (exact) mass is 173 g/mol. The molecule has 2 atom stereocenters. The van der Waals surface area contributed by atoms with Crippen LogP contribution < -0.4 is 5.32 Å². The molecule has 1 heterocycles. The molecule has 2 fully saturated rings. The van der Waals surface area contributed by atoms with Crippen LogP contribution in [0.4, 0.5) is 0 Å². The molecule has 11 heavy (non-hydrogen) atoms. The van der Waals surface area contributed by atoms with E-state index in [0.29, 0.717) is 5.41 Å². The maximum Gasteiger partial charge on any atom is 0.0251 e. The van der Waals surface area contributed by atoms with Gasteiger partial charge in [0.2, 0.25) is 0 Å². The van der Waals surface area contributed by atoms with Gasteiger partial charge in [-0.05, 0) is 43.6 Å². The molecule has 0 aromatic carbocycles. The molecule has 0 amide bonds. The van der Waals surface area contributed by atoms with E-state index in [-0.39, 0.29) is 0 Å². The molecule has 1 saturated heterocycles. The fourth-order valence-corrected chi connectivity index (χ4v) is 2.91. The van der Waals surface area contributed by atoms with Crippen molar-refractivity contribution in [2.45, 2.75) is 25.7 Å². The maximum absolute atomic E-state index is 5.85. The van der Waals surface area contributed by atoms with Crippen molar-refractivity contribution in [3.8, 4) is 0 Å². The molecular formula is C9H16ClN. The second-order valence-corrected chi connectivity index (χ2v) is 4.50. The summed E-state index contributed by atoms with van der Waals surface area (Å²) in [5, 5.41) is 3.46. The first-order chi connectivity index (χ1) is 5.35. The van der Waals surface area contributed by atoms with E-state index in [9.17, 15) is 0 Å². The Bertz CT molecular complexity index is 140. The van der Waals surface area contributed by atoms with E-state index in [1.165, 1.54) is 38.8 Å². The van der Waals surface area contributed by atoms with Gasteiger partial charge in [0.15, 0.2) is 0 Å². The Labute approximate surface area is 73.5 Å². The minimum absolute atomic E-state index is 0.666. The second-order valence-electron chi connectivity index (χ2n) is 4.19. The molecule has 1 nitrogen and oxygen atoms in total. The van der Waals surface area contributed by atoms with Crippen LogP contribution >= 0.6 is 11.6 Å². The molecule has 0 unspecified atom stereocenters. The molecule has 0 aromatic rings. The fraction of sp³-hybridized carbons (Fsp3) is 1.00. The van der Waals surface area contributed by atoms with Crippen molar-refractivity contribution in [2.75, 3.05) is 19.0 Å². The lowest BCUT2D eigenvalue weighted by Gasteiger charge is -2.21. The summed E-state index contributed by atoms with van der Waals surface area (Å²) in [4.78, 5) is 0. The Morgan fingerprint density at radius 3 is 2.91 bits per heavy atom. The third-order valence-electron chi connectivity index (χ3n) is 3.35. The molecule has 2 heteroatoms. The first-order valence-electron chi connectivity index (χ1n) is 4.61. The van der Waals surface area contributed by atoms with E-state index < -0.39 is 0 Å². The van der Waals surface area contributed by atoms with E-state index in [1.54, 1.807) is 0 Å². The van der Waals surface area contributed by atoms with Crippen molar-refractivity contribution in [2.24, 2.45) is 11.3 Å². The topological polar surface area (TPSA) is 12.0 Å². The van der Waals surface area contributed by atoms with Gasteiger partial charge in [0, 0.05) is 12.4 Å². The van der Waals surface area contributed by atoms with Crippen LogP contribution in [-0.2, 0) is 0 Å². The number of nitrogens with one attached hydrogen (secondary N) is 1. The standard InChI is InChI=1S/C9H16ClN/c10-6-8-1-2-9(5-8)3-4-11-7-9/h8,11H,1-7H2/t8-,9+/m1/s1. The van der Waals surface area contributed by atoms with E-state index in [0.717, 1.165) is 11.8 Å². The van der Waals surface area contributed by atoms with Gasteiger partial charge in [0.1, 0.15) is 0 Å². The lowest BCUT2D eigenvalue weighted by molar-refractivity contribution is 0.324. The summed E-state index contributed by atoms with van der Waals surface area (Å²) in [5.41, 5.74) is 0.666. The van der Waals surface area contributed by atoms with Crippen molar-refractivity contribution < 1.29 is 0 Å². The summed E-state index contributed by atoms with van der Waals surface area (Å²) in [5.74, 6) is 1.69. The normalized spacial score (nSPS) is 43.9. The summed E-state index contributed by atoms with van der Waals surface area (Å²) in [6.07, 6.45) is 5.55. The molecule has 0 radical (unpaired) electrons. The first-order valence-corrected chi connectivity index (χ1v) is 5.15. The zero-order chi connectivity index (χ0) is 7.73. The minimum atomic E-state index is 0.666. The van der Waals surface area contributed by atoms with Crippen LogP contribution in [0.3, 0.4) is 0 Å². The summed E-state index contributed by atoms with van der Waals surface area (Å²) in [7, 11) is 0. The van der Waals surface area contributed by atoms with Gasteiger partial charge in [-0.2, -0.15) is 0 Å². The quantitative estimate of drug-likeness (QED) is 0.599. The van der Waals surface area contributed by atoms with Crippen molar-refractivity contribution in [1.82, 2.24) is 5.32 Å². The molecule has 1 spiro atoms. The SMILES string of the molecule is ClC[C@@H]1CC[C@]2(CCNC2)C1. The average Bonchev–Trinajstić information content (AvgIpc) is 2.62. The number of alkyl halides is 1. The fourth-order valence-electron chi connectivity index (χ4n) is 2.64. The largest absolute Gasteiger partial charge is 0.316 e. The highest BCUT2D eigenvalue weighted by Crippen LogP contribution is 2.45. The Hall–Kier alpha value is 0.250. The number of halogens is 1. The molecule has 2 aliphatic rings. The molecule has 64 valence electrons. The number of hydrogen-bond acceptors (Lipinski definition) is 1. The van der Waals surface area contributed by atoms with E-state index in [2.05, 4.69) is 5.32 Å². The molecule has 0 bridgehead atoms. The average molecular weight is 174 g/mol. The highest BCUT2D eigenvalue weighted by molar-refractivity contribution is 6.18. The highest BCUT2D eigenvalue weighted by atomic mass is 35.5. The van der Waals surface area contributed by atoms with Gasteiger partial charge >= 0.3 is 0 Å². The Balaban J connectivity index is 1.96. The number of rotatable bonds is 1. The third kappa shape index (κ3) is 1.41. The van der Waals surface area contributed by atoms with Crippen molar-refractivity contribution in [1.29, 1.82) is 0 Å². The predicted octanol–water partition coefficient (Wildman–Crippen LogP) is 2.00. The van der Waals surface area contributed by atoms with E-state index >= 15 is 0 Å². The lowest BCUT2D eigenvalue weighted by atomic mass is 9.85. The smallest absolute Gasteiger partial charge is 0.0251 e. The summed E-state index contributed by atoms with van der Waals surface area (Å²) in [6.45, 7) is 2.48. The van der Waals surface area contributed by atoms with Crippen LogP contribution in [0, 0.1) is 11.3 Å². The number of hydrogen-bond donors (Lipinski definition) is 1. The molecule has 1 aliphatic heterocycles. The van der Waals surface area contributed by atoms with Gasteiger partial charge in [-0.15, -0.1) is 11.6 Å². The molecule has 1 aliphatic carbocycles. The summed E-state index contributed by atoms with van der Waals surface area (Å²) < 4.78 is 0. The van der Waals surface area contributed by atoms with Gasteiger partial charge in [0.25, 0.3) is 0 Å².